The quantitative estimate of drug-likeness (QED) is 0.457. The van der Waals surface area contributed by atoms with E-state index >= 15 is 0 Å². The van der Waals surface area contributed by atoms with Crippen molar-refractivity contribution < 1.29 is 33.6 Å². The van der Waals surface area contributed by atoms with E-state index in [2.05, 4.69) is 0 Å². The summed E-state index contributed by atoms with van der Waals surface area (Å²) >= 11 is 0. The third-order valence-corrected chi connectivity index (χ3v) is 0. The van der Waals surface area contributed by atoms with Gasteiger partial charge >= 0.3 is 33.6 Å². The van der Waals surface area contributed by atoms with Crippen molar-refractivity contribution in [2.45, 2.75) is 0 Å². The van der Waals surface area contributed by atoms with Crippen LogP contribution < -0.4 is 0 Å². The monoisotopic (exact) mass is 177 g/mol. The van der Waals surface area contributed by atoms with Gasteiger partial charge in [0, 0.05) is 0 Å². The molecule has 0 saturated heterocycles. The minimum atomic E-state index is 0. The molecule has 0 aromatic rings. The average Bonchev–Trinajstić information content (AvgIpc) is 0. The largest absolute Gasteiger partial charge is 2.00 e. The smallest absolute Gasteiger partial charge is 2.00 e. The second-order valence-corrected chi connectivity index (χ2v) is 0. The molecule has 0 heterocycles. The summed E-state index contributed by atoms with van der Waals surface area (Å²) < 4.78 is 0. The van der Waals surface area contributed by atoms with Crippen LogP contribution in [-0.4, -0.2) is 0 Å². The van der Waals surface area contributed by atoms with Gasteiger partial charge in [-0.05, 0) is 0 Å². The van der Waals surface area contributed by atoms with Crippen molar-refractivity contribution in [2.24, 2.45) is 0 Å². The van der Waals surface area contributed by atoms with Crippen molar-refractivity contribution in [1.82, 2.24) is 0 Å². The van der Waals surface area contributed by atoms with Crippen molar-refractivity contribution in [1.29, 1.82) is 0 Å². The Morgan fingerprint density at radius 1 is 0.750 bits per heavy atom. The van der Waals surface area contributed by atoms with Gasteiger partial charge in [0.15, 0.2) is 0 Å². The molecule has 0 saturated carbocycles. The van der Waals surface area contributed by atoms with E-state index in [9.17, 15) is 0 Å². The van der Waals surface area contributed by atoms with Gasteiger partial charge in [0.2, 0.25) is 0 Å². The summed E-state index contributed by atoms with van der Waals surface area (Å²) in [6, 6.07) is 0. The zero-order chi connectivity index (χ0) is 0. The molecule has 0 unspecified atom stereocenters. The molecule has 4 heavy (non-hydrogen) atoms. The first-order valence-corrected chi connectivity index (χ1v) is 0. The minimum absolute atomic E-state index is 0. The predicted octanol–water partition coefficient (Wildman–Crippen LogP) is -0.00980. The summed E-state index contributed by atoms with van der Waals surface area (Å²) in [6.07, 6.45) is 0. The van der Waals surface area contributed by atoms with E-state index in [1.807, 2.05) is 0 Å². The fraction of sp³-hybridized carbons (Fsp3) is 0. The first-order chi connectivity index (χ1) is 0. The number of rotatable bonds is 0. The van der Waals surface area contributed by atoms with Crippen molar-refractivity contribution in [2.75, 3.05) is 0 Å². The first kappa shape index (κ1) is 43.2. The van der Waals surface area contributed by atoms with Crippen LogP contribution in [0.4, 0.5) is 0 Å². The van der Waals surface area contributed by atoms with E-state index < -0.39 is 0 Å². The first-order valence-electron chi connectivity index (χ1n) is 0. The van der Waals surface area contributed by atoms with Crippen molar-refractivity contribution >= 4 is 27.0 Å². The molecule has 0 atom stereocenters. The Balaban J connectivity index is 0. The van der Waals surface area contributed by atoms with Crippen LogP contribution in [0.3, 0.4) is 0 Å². The topological polar surface area (TPSA) is 0 Å². The summed E-state index contributed by atoms with van der Waals surface area (Å²) in [7, 11) is 0. The maximum absolute atomic E-state index is 0. The fourth-order valence-corrected chi connectivity index (χ4v) is 0. The third kappa shape index (κ3) is 9.31. The molecule has 0 rings (SSSR count). The minimum Gasteiger partial charge on any atom is -2.00 e. The molecule has 0 spiro atoms. The Morgan fingerprint density at radius 2 is 0.750 bits per heavy atom. The van der Waals surface area contributed by atoms with Gasteiger partial charge in [0.25, 0.3) is 0 Å². The van der Waals surface area contributed by atoms with Crippen LogP contribution in [0.25, 0.3) is 0 Å². The van der Waals surface area contributed by atoms with Gasteiger partial charge in [-0.25, -0.2) is 0 Å². The molecular formula is MnNiS2. The average molecular weight is 178 g/mol. The maximum Gasteiger partial charge on any atom is 2.00 e. The molecule has 1 radical (unpaired) electrons. The molecule has 0 aromatic heterocycles. The van der Waals surface area contributed by atoms with Gasteiger partial charge < -0.3 is 27.0 Å². The molecule has 0 amide bonds. The Hall–Kier alpha value is 1.71. The molecule has 4 heteroatoms. The van der Waals surface area contributed by atoms with Gasteiger partial charge in [-0.15, -0.1) is 0 Å². The molecule has 0 fully saturated rings. The van der Waals surface area contributed by atoms with E-state index in [1.165, 1.54) is 0 Å². The summed E-state index contributed by atoms with van der Waals surface area (Å²) in [6.45, 7) is 0. The van der Waals surface area contributed by atoms with E-state index in [1.54, 1.807) is 0 Å². The fourth-order valence-electron chi connectivity index (χ4n) is 0. The maximum atomic E-state index is 0. The second kappa shape index (κ2) is 22.1. The van der Waals surface area contributed by atoms with Gasteiger partial charge in [0.1, 0.15) is 0 Å². The third-order valence-electron chi connectivity index (χ3n) is 0. The summed E-state index contributed by atoms with van der Waals surface area (Å²) in [4.78, 5) is 0. The zero-order valence-corrected chi connectivity index (χ0v) is 5.31. The Morgan fingerprint density at radius 3 is 0.750 bits per heavy atom. The van der Waals surface area contributed by atoms with Crippen LogP contribution >= 0.6 is 0 Å². The zero-order valence-electron chi connectivity index (χ0n) is 1.51. The van der Waals surface area contributed by atoms with Crippen molar-refractivity contribution in [3.63, 3.8) is 0 Å². The molecule has 0 nitrogen and oxygen atoms in total. The molecule has 0 aliphatic carbocycles. The van der Waals surface area contributed by atoms with Crippen molar-refractivity contribution in [3.8, 4) is 0 Å². The van der Waals surface area contributed by atoms with E-state index in [4.69, 9.17) is 0 Å². The molecule has 0 aliphatic heterocycles. The molecule has 0 N–H and O–H groups in total. The van der Waals surface area contributed by atoms with Crippen LogP contribution in [0.1, 0.15) is 0 Å². The normalized spacial score (nSPS) is 0. The number of hydrogen-bond donors (Lipinski definition) is 0. The number of hydrogen-bond acceptors (Lipinski definition) is 0. The SMILES string of the molecule is [Mn+2].[Ni+2].[S-2].[S-2]. The molecular weight excluding hydrogens is 178 g/mol. The van der Waals surface area contributed by atoms with Gasteiger partial charge in [-0.3, -0.25) is 0 Å². The molecule has 0 aromatic carbocycles. The van der Waals surface area contributed by atoms with E-state index in [0.717, 1.165) is 0 Å². The van der Waals surface area contributed by atoms with Crippen LogP contribution in [0.15, 0.2) is 0 Å². The Labute approximate surface area is 60.4 Å². The van der Waals surface area contributed by atoms with Gasteiger partial charge in [-0.2, -0.15) is 0 Å². The molecule has 0 aliphatic rings. The standard InChI is InChI=1S/Mn.Ni.2S/q2*+2;2*-2. The molecule has 29 valence electrons. The Bertz CT molecular complexity index is 6.00. The van der Waals surface area contributed by atoms with Gasteiger partial charge in [0.05, 0.1) is 0 Å². The van der Waals surface area contributed by atoms with E-state index in [-0.39, 0.29) is 60.6 Å². The summed E-state index contributed by atoms with van der Waals surface area (Å²) in [5, 5.41) is 0. The molecule has 0 bridgehead atoms. The Kier molecular flexibility index (Phi) is 239. The second-order valence-electron chi connectivity index (χ2n) is 0. The predicted molar refractivity (Wildman–Crippen MR) is 14.7 cm³/mol. The van der Waals surface area contributed by atoms with E-state index in [0.29, 0.717) is 0 Å². The van der Waals surface area contributed by atoms with Gasteiger partial charge in [-0.1, -0.05) is 0 Å². The summed E-state index contributed by atoms with van der Waals surface area (Å²) in [5.74, 6) is 0. The van der Waals surface area contributed by atoms with Crippen LogP contribution in [0.2, 0.25) is 0 Å². The van der Waals surface area contributed by atoms with Crippen LogP contribution in [-0.2, 0) is 60.6 Å². The van der Waals surface area contributed by atoms with Crippen LogP contribution in [0, 0.1) is 0 Å². The summed E-state index contributed by atoms with van der Waals surface area (Å²) in [5.41, 5.74) is 0. The van der Waals surface area contributed by atoms with Crippen molar-refractivity contribution in [3.05, 3.63) is 0 Å². The van der Waals surface area contributed by atoms with Crippen LogP contribution in [0.5, 0.6) is 0 Å².